The maximum Gasteiger partial charge on any atom is 0.293 e. The van der Waals surface area contributed by atoms with E-state index in [9.17, 15) is 9.18 Å². The van der Waals surface area contributed by atoms with Crippen molar-refractivity contribution in [1.82, 2.24) is 40.2 Å². The molecule has 12 heteroatoms. The maximum atomic E-state index is 13.3. The van der Waals surface area contributed by atoms with Gasteiger partial charge in [0.2, 0.25) is 11.8 Å². The summed E-state index contributed by atoms with van der Waals surface area (Å²) in [4.78, 5) is 30.1. The number of aromatic nitrogens is 7. The molecule has 0 saturated carbocycles. The largest absolute Gasteiger partial charge is 0.342 e. The van der Waals surface area contributed by atoms with Crippen molar-refractivity contribution in [2.75, 3.05) is 12.0 Å². The highest BCUT2D eigenvalue weighted by molar-refractivity contribution is 5.90. The number of nitrogens with zero attached hydrogens (tertiary/aromatic N) is 7. The number of carbonyl (C=O) groups excluding carboxylic acids is 1. The fraction of sp³-hybridized carbons (Fsp3) is 0.400. The number of hydrogen-bond donors (Lipinski definition) is 2. The number of nitrogens with one attached hydrogen (secondary N) is 2. The third kappa shape index (κ3) is 5.32. The Morgan fingerprint density at radius 3 is 2.86 bits per heavy atom. The highest BCUT2D eigenvalue weighted by Crippen LogP contribution is 2.32. The smallest absolute Gasteiger partial charge is 0.293 e. The van der Waals surface area contributed by atoms with Crippen LogP contribution in [-0.4, -0.2) is 47.5 Å². The van der Waals surface area contributed by atoms with Crippen LogP contribution in [0, 0.1) is 0 Å². The van der Waals surface area contributed by atoms with Crippen molar-refractivity contribution in [2.24, 2.45) is 7.05 Å². The Kier molecular flexibility index (Phi) is 6.64. The third-order valence-corrected chi connectivity index (χ3v) is 6.34. The van der Waals surface area contributed by atoms with Crippen LogP contribution in [0.2, 0.25) is 0 Å². The predicted octanol–water partition coefficient (Wildman–Crippen LogP) is 3.84. The first-order chi connectivity index (χ1) is 17.8. The van der Waals surface area contributed by atoms with E-state index in [-0.39, 0.29) is 17.8 Å². The van der Waals surface area contributed by atoms with Crippen molar-refractivity contribution in [3.8, 4) is 11.4 Å². The van der Waals surface area contributed by atoms with Gasteiger partial charge in [0.25, 0.3) is 11.7 Å². The molecule has 0 spiro atoms. The number of amides is 1. The molecule has 0 aliphatic heterocycles. The van der Waals surface area contributed by atoms with Crippen LogP contribution in [0.1, 0.15) is 66.8 Å². The van der Waals surface area contributed by atoms with Crippen molar-refractivity contribution < 1.29 is 13.7 Å². The standard InChI is InChI=1S/C25H28FN9O2/c1-25(2,13-26)23-31-21(34-37-23)22(36)29-18-7-5-4-6-15-12-16(8-9-17(15)18)20-27-14-28-24(32-20)30-19-10-11-35(3)33-19/h8-12,14,18H,4-7,13H2,1-3H3,(H,29,36)(H,27,28,30,32,33)/t18-/m0/s1. The van der Waals surface area contributed by atoms with Crippen molar-refractivity contribution in [2.45, 2.75) is 51.0 Å². The van der Waals surface area contributed by atoms with Crippen molar-refractivity contribution in [1.29, 1.82) is 0 Å². The third-order valence-electron chi connectivity index (χ3n) is 6.34. The van der Waals surface area contributed by atoms with Crippen molar-refractivity contribution in [3.05, 3.63) is 59.6 Å². The van der Waals surface area contributed by atoms with Crippen molar-refractivity contribution >= 4 is 17.7 Å². The lowest BCUT2D eigenvalue weighted by Gasteiger charge is -2.19. The van der Waals surface area contributed by atoms with E-state index in [1.54, 1.807) is 18.5 Å². The first-order valence-corrected chi connectivity index (χ1v) is 12.1. The molecule has 0 saturated heterocycles. The average Bonchev–Trinajstić information content (AvgIpc) is 3.51. The van der Waals surface area contributed by atoms with E-state index in [1.807, 2.05) is 31.4 Å². The highest BCUT2D eigenvalue weighted by Gasteiger charge is 2.30. The Morgan fingerprint density at radius 1 is 1.22 bits per heavy atom. The summed E-state index contributed by atoms with van der Waals surface area (Å²) in [6.07, 6.45) is 6.88. The molecule has 5 rings (SSSR count). The van der Waals surface area contributed by atoms with Gasteiger partial charge >= 0.3 is 0 Å². The molecular weight excluding hydrogens is 477 g/mol. The lowest BCUT2D eigenvalue weighted by atomic mass is 9.96. The number of fused-ring (bicyclic) bond motifs is 1. The summed E-state index contributed by atoms with van der Waals surface area (Å²) in [5.41, 5.74) is 2.06. The monoisotopic (exact) mass is 505 g/mol. The molecule has 3 aromatic heterocycles. The molecule has 1 atom stereocenters. The van der Waals surface area contributed by atoms with Gasteiger partial charge in [-0.2, -0.15) is 15.1 Å². The second-order valence-corrected chi connectivity index (χ2v) is 9.76. The summed E-state index contributed by atoms with van der Waals surface area (Å²) >= 11 is 0. The predicted molar refractivity (Wildman–Crippen MR) is 133 cm³/mol. The summed E-state index contributed by atoms with van der Waals surface area (Å²) in [6.45, 7) is 2.62. The van der Waals surface area contributed by atoms with E-state index in [2.05, 4.69) is 46.9 Å². The summed E-state index contributed by atoms with van der Waals surface area (Å²) in [7, 11) is 1.84. The van der Waals surface area contributed by atoms with Gasteiger partial charge in [0, 0.05) is 24.9 Å². The first-order valence-electron chi connectivity index (χ1n) is 12.1. The van der Waals surface area contributed by atoms with E-state index in [4.69, 9.17) is 4.52 Å². The quantitative estimate of drug-likeness (QED) is 0.359. The van der Waals surface area contributed by atoms with Crippen LogP contribution in [0.4, 0.5) is 16.2 Å². The van der Waals surface area contributed by atoms with Gasteiger partial charge in [-0.3, -0.25) is 9.48 Å². The van der Waals surface area contributed by atoms with E-state index >= 15 is 0 Å². The number of halogens is 1. The Labute approximate surface area is 212 Å². The summed E-state index contributed by atoms with van der Waals surface area (Å²) in [5.74, 6) is 1.13. The van der Waals surface area contributed by atoms with Gasteiger partial charge in [-0.15, -0.1) is 0 Å². The Hall–Kier alpha value is -4.22. The Morgan fingerprint density at radius 2 is 2.08 bits per heavy atom. The lowest BCUT2D eigenvalue weighted by Crippen LogP contribution is -2.30. The molecule has 0 radical (unpaired) electrons. The summed E-state index contributed by atoms with van der Waals surface area (Å²) < 4.78 is 20.1. The fourth-order valence-corrected chi connectivity index (χ4v) is 4.23. The number of hydrogen-bond acceptors (Lipinski definition) is 9. The second kappa shape index (κ2) is 10.0. The average molecular weight is 506 g/mol. The van der Waals surface area contributed by atoms with Gasteiger partial charge in [0.05, 0.1) is 11.5 Å². The minimum atomic E-state index is -0.946. The van der Waals surface area contributed by atoms with E-state index in [1.165, 1.54) is 6.33 Å². The molecule has 1 aliphatic carbocycles. The number of anilines is 2. The molecule has 1 aromatic carbocycles. The van der Waals surface area contributed by atoms with E-state index in [0.29, 0.717) is 17.6 Å². The van der Waals surface area contributed by atoms with Crippen LogP contribution in [0.25, 0.3) is 11.4 Å². The molecule has 1 amide bonds. The van der Waals surface area contributed by atoms with Crippen LogP contribution in [0.15, 0.2) is 41.3 Å². The SMILES string of the molecule is Cn1ccc(Nc2ncnc(-c3ccc4c(c3)CCCC[C@@H]4NC(=O)c3noc(C(C)(C)CF)n3)n2)n1. The molecule has 0 bridgehead atoms. The Balaban J connectivity index is 1.35. The molecule has 11 nitrogen and oxygen atoms in total. The molecule has 2 N–H and O–H groups in total. The summed E-state index contributed by atoms with van der Waals surface area (Å²) in [5, 5.41) is 14.2. The molecule has 0 unspecified atom stereocenters. The van der Waals surface area contributed by atoms with Gasteiger partial charge in [-0.25, -0.2) is 14.4 Å². The molecule has 1 aliphatic rings. The number of aryl methyl sites for hydroxylation is 2. The number of carbonyl (C=O) groups is 1. The molecule has 37 heavy (non-hydrogen) atoms. The minimum Gasteiger partial charge on any atom is -0.342 e. The molecular formula is C25H28FN9O2. The van der Waals surface area contributed by atoms with Gasteiger partial charge in [0.1, 0.15) is 13.0 Å². The van der Waals surface area contributed by atoms with Crippen LogP contribution >= 0.6 is 0 Å². The number of alkyl halides is 1. The molecule has 3 heterocycles. The van der Waals surface area contributed by atoms with Crippen LogP contribution < -0.4 is 10.6 Å². The Bertz CT molecular complexity index is 1410. The van der Waals surface area contributed by atoms with Crippen molar-refractivity contribution in [3.63, 3.8) is 0 Å². The normalized spacial score (nSPS) is 15.6. The van der Waals surface area contributed by atoms with Crippen LogP contribution in [0.5, 0.6) is 0 Å². The zero-order chi connectivity index (χ0) is 26.0. The lowest BCUT2D eigenvalue weighted by molar-refractivity contribution is 0.0921. The number of rotatable bonds is 7. The van der Waals surface area contributed by atoms with Gasteiger partial charge in [0.15, 0.2) is 11.6 Å². The van der Waals surface area contributed by atoms with Gasteiger partial charge in [-0.1, -0.05) is 23.7 Å². The maximum absolute atomic E-state index is 13.3. The van der Waals surface area contributed by atoms with E-state index < -0.39 is 18.0 Å². The topological polar surface area (TPSA) is 137 Å². The van der Waals surface area contributed by atoms with Crippen LogP contribution in [0.3, 0.4) is 0 Å². The zero-order valence-corrected chi connectivity index (χ0v) is 20.9. The van der Waals surface area contributed by atoms with Crippen LogP contribution in [-0.2, 0) is 18.9 Å². The molecule has 192 valence electrons. The van der Waals surface area contributed by atoms with Gasteiger partial charge < -0.3 is 15.2 Å². The first kappa shape index (κ1) is 24.5. The highest BCUT2D eigenvalue weighted by atomic mass is 19.1. The zero-order valence-electron chi connectivity index (χ0n) is 20.9. The second-order valence-electron chi connectivity index (χ2n) is 9.76. The number of benzene rings is 1. The van der Waals surface area contributed by atoms with E-state index in [0.717, 1.165) is 42.4 Å². The fourth-order valence-electron chi connectivity index (χ4n) is 4.23. The molecule has 0 fully saturated rings. The van der Waals surface area contributed by atoms with Gasteiger partial charge in [-0.05, 0) is 50.3 Å². The molecule has 4 aromatic rings. The summed E-state index contributed by atoms with van der Waals surface area (Å²) in [6, 6.07) is 7.63. The minimum absolute atomic E-state index is 0.0975.